The van der Waals surface area contributed by atoms with Gasteiger partial charge in [0, 0.05) is 5.39 Å². The molecular weight excluding hydrogens is 377 g/mol. The SMILES string of the molecule is CCc1ccc(C(O)(c2ccc3c(cnn3-c3ccccc3)c2)C(F)(F)F)cc1. The van der Waals surface area contributed by atoms with Crippen molar-refractivity contribution < 1.29 is 18.3 Å². The molecule has 0 fully saturated rings. The quantitative estimate of drug-likeness (QED) is 0.503. The summed E-state index contributed by atoms with van der Waals surface area (Å²) in [6.45, 7) is 1.92. The van der Waals surface area contributed by atoms with Gasteiger partial charge in [-0.2, -0.15) is 18.3 Å². The molecule has 0 saturated heterocycles. The lowest BCUT2D eigenvalue weighted by Crippen LogP contribution is -2.43. The van der Waals surface area contributed by atoms with E-state index in [0.717, 1.165) is 11.3 Å². The van der Waals surface area contributed by atoms with Crippen molar-refractivity contribution in [3.05, 3.63) is 95.7 Å². The third-order valence-corrected chi connectivity index (χ3v) is 5.18. The number of hydrogen-bond acceptors (Lipinski definition) is 2. The molecule has 3 nitrogen and oxygen atoms in total. The van der Waals surface area contributed by atoms with Crippen LogP contribution in [0.4, 0.5) is 13.2 Å². The third kappa shape index (κ3) is 3.19. The Kier molecular flexibility index (Phi) is 4.67. The summed E-state index contributed by atoms with van der Waals surface area (Å²) in [5.41, 5.74) is -1.20. The van der Waals surface area contributed by atoms with E-state index >= 15 is 0 Å². The van der Waals surface area contributed by atoms with E-state index in [1.54, 1.807) is 22.9 Å². The van der Waals surface area contributed by atoms with Gasteiger partial charge in [-0.1, -0.05) is 55.5 Å². The van der Waals surface area contributed by atoms with E-state index in [1.165, 1.54) is 30.5 Å². The Morgan fingerprint density at radius 3 is 2.17 bits per heavy atom. The first-order chi connectivity index (χ1) is 13.8. The molecule has 0 amide bonds. The summed E-state index contributed by atoms with van der Waals surface area (Å²) in [7, 11) is 0. The lowest BCUT2D eigenvalue weighted by Gasteiger charge is -2.31. The summed E-state index contributed by atoms with van der Waals surface area (Å²) in [6.07, 6.45) is -2.68. The Hall–Kier alpha value is -3.12. The largest absolute Gasteiger partial charge is 0.425 e. The van der Waals surface area contributed by atoms with Gasteiger partial charge < -0.3 is 5.11 Å². The van der Waals surface area contributed by atoms with E-state index in [1.807, 2.05) is 37.3 Å². The average molecular weight is 396 g/mol. The lowest BCUT2D eigenvalue weighted by molar-refractivity contribution is -0.248. The van der Waals surface area contributed by atoms with Gasteiger partial charge in [-0.05, 0) is 47.4 Å². The monoisotopic (exact) mass is 396 g/mol. The number of aliphatic hydroxyl groups is 1. The molecular formula is C23H19F3N2O. The van der Waals surface area contributed by atoms with Gasteiger partial charge in [0.15, 0.2) is 0 Å². The minimum absolute atomic E-state index is 0.211. The van der Waals surface area contributed by atoms with Gasteiger partial charge in [0.1, 0.15) is 0 Å². The second-order valence-corrected chi connectivity index (χ2v) is 6.92. The minimum atomic E-state index is -4.89. The number of rotatable bonds is 4. The zero-order chi connectivity index (χ0) is 20.6. The number of hydrogen-bond donors (Lipinski definition) is 1. The van der Waals surface area contributed by atoms with Crippen LogP contribution in [0.25, 0.3) is 16.6 Å². The first-order valence-corrected chi connectivity index (χ1v) is 9.27. The molecule has 4 aromatic rings. The summed E-state index contributed by atoms with van der Waals surface area (Å²) in [4.78, 5) is 0. The van der Waals surface area contributed by atoms with Crippen molar-refractivity contribution in [3.8, 4) is 5.69 Å². The maximum atomic E-state index is 14.1. The molecule has 3 aromatic carbocycles. The lowest BCUT2D eigenvalue weighted by atomic mass is 9.84. The Morgan fingerprint density at radius 2 is 1.55 bits per heavy atom. The predicted molar refractivity (Wildman–Crippen MR) is 106 cm³/mol. The fraction of sp³-hybridized carbons (Fsp3) is 0.174. The summed E-state index contributed by atoms with van der Waals surface area (Å²) in [6, 6.07) is 19.4. The van der Waals surface area contributed by atoms with Gasteiger partial charge in [-0.15, -0.1) is 0 Å². The summed E-state index contributed by atoms with van der Waals surface area (Å²) in [5, 5.41) is 15.7. The van der Waals surface area contributed by atoms with Gasteiger partial charge in [-0.25, -0.2) is 4.68 Å². The normalized spacial score (nSPS) is 14.1. The van der Waals surface area contributed by atoms with Crippen LogP contribution in [0.15, 0.2) is 79.0 Å². The average Bonchev–Trinajstić information content (AvgIpc) is 3.16. The van der Waals surface area contributed by atoms with Gasteiger partial charge in [0.25, 0.3) is 0 Å². The van der Waals surface area contributed by atoms with E-state index in [0.29, 0.717) is 17.3 Å². The maximum absolute atomic E-state index is 14.1. The van der Waals surface area contributed by atoms with Crippen LogP contribution in [0.3, 0.4) is 0 Å². The third-order valence-electron chi connectivity index (χ3n) is 5.18. The van der Waals surface area contributed by atoms with Crippen LogP contribution in [-0.2, 0) is 12.0 Å². The summed E-state index contributed by atoms with van der Waals surface area (Å²) >= 11 is 0. The van der Waals surface area contributed by atoms with Gasteiger partial charge in [0.2, 0.25) is 5.60 Å². The van der Waals surface area contributed by atoms with Crippen LogP contribution in [0.1, 0.15) is 23.6 Å². The number of aryl methyl sites for hydroxylation is 1. The van der Waals surface area contributed by atoms with Crippen LogP contribution >= 0.6 is 0 Å². The number of aromatic nitrogens is 2. The van der Waals surface area contributed by atoms with Gasteiger partial charge in [-0.3, -0.25) is 0 Å². The van der Waals surface area contributed by atoms with Crippen molar-refractivity contribution in [2.75, 3.05) is 0 Å². The molecule has 0 bridgehead atoms. The van der Waals surface area contributed by atoms with Crippen LogP contribution in [-0.4, -0.2) is 21.1 Å². The number of fused-ring (bicyclic) bond motifs is 1. The summed E-state index contributed by atoms with van der Waals surface area (Å²) in [5.74, 6) is 0. The molecule has 0 aliphatic rings. The Labute approximate surface area is 166 Å². The van der Waals surface area contributed by atoms with Crippen molar-refractivity contribution in [2.24, 2.45) is 0 Å². The molecule has 0 aliphatic carbocycles. The molecule has 29 heavy (non-hydrogen) atoms. The molecule has 1 N–H and O–H groups in total. The first kappa shape index (κ1) is 19.2. The number of benzene rings is 3. The van der Waals surface area contributed by atoms with Crippen molar-refractivity contribution >= 4 is 10.9 Å². The van der Waals surface area contributed by atoms with E-state index in [4.69, 9.17) is 0 Å². The number of halogens is 3. The van der Waals surface area contributed by atoms with E-state index in [2.05, 4.69) is 5.10 Å². The first-order valence-electron chi connectivity index (χ1n) is 9.27. The van der Waals surface area contributed by atoms with Crippen molar-refractivity contribution in [3.63, 3.8) is 0 Å². The molecule has 0 radical (unpaired) electrons. The Bertz CT molecular complexity index is 1130. The highest BCUT2D eigenvalue weighted by Gasteiger charge is 2.56. The molecule has 148 valence electrons. The molecule has 6 heteroatoms. The smallest absolute Gasteiger partial charge is 0.372 e. The second-order valence-electron chi connectivity index (χ2n) is 6.92. The zero-order valence-corrected chi connectivity index (χ0v) is 15.7. The zero-order valence-electron chi connectivity index (χ0n) is 15.7. The van der Waals surface area contributed by atoms with Crippen LogP contribution in [0, 0.1) is 0 Å². The van der Waals surface area contributed by atoms with E-state index < -0.39 is 11.8 Å². The van der Waals surface area contributed by atoms with Crippen LogP contribution in [0.5, 0.6) is 0 Å². The molecule has 1 aromatic heterocycles. The maximum Gasteiger partial charge on any atom is 0.425 e. The van der Waals surface area contributed by atoms with Crippen LogP contribution < -0.4 is 0 Å². The second kappa shape index (κ2) is 7.04. The van der Waals surface area contributed by atoms with E-state index in [-0.39, 0.29) is 11.1 Å². The Morgan fingerprint density at radius 1 is 0.897 bits per heavy atom. The van der Waals surface area contributed by atoms with Crippen molar-refractivity contribution in [1.29, 1.82) is 0 Å². The molecule has 0 spiro atoms. The number of para-hydroxylation sites is 1. The summed E-state index contributed by atoms with van der Waals surface area (Å²) < 4.78 is 43.8. The van der Waals surface area contributed by atoms with Crippen molar-refractivity contribution in [2.45, 2.75) is 25.1 Å². The Balaban J connectivity index is 1.85. The number of nitrogens with zero attached hydrogens (tertiary/aromatic N) is 2. The highest BCUT2D eigenvalue weighted by atomic mass is 19.4. The molecule has 0 saturated carbocycles. The van der Waals surface area contributed by atoms with Crippen molar-refractivity contribution in [1.82, 2.24) is 9.78 Å². The standard InChI is InChI=1S/C23H19F3N2O/c1-2-16-8-10-18(11-9-16)22(29,23(24,25)26)19-12-13-21-17(14-19)15-27-28(21)20-6-4-3-5-7-20/h3-15,29H,2H2,1H3. The predicted octanol–water partition coefficient (Wildman–Crippen LogP) is 5.39. The molecule has 0 aliphatic heterocycles. The van der Waals surface area contributed by atoms with Gasteiger partial charge in [0.05, 0.1) is 17.4 Å². The fourth-order valence-corrected chi connectivity index (χ4v) is 3.51. The van der Waals surface area contributed by atoms with E-state index in [9.17, 15) is 18.3 Å². The molecule has 4 rings (SSSR count). The fourth-order valence-electron chi connectivity index (χ4n) is 3.51. The molecule has 1 heterocycles. The highest BCUT2D eigenvalue weighted by molar-refractivity contribution is 5.81. The topological polar surface area (TPSA) is 38.1 Å². The number of alkyl halides is 3. The minimum Gasteiger partial charge on any atom is -0.372 e. The highest BCUT2D eigenvalue weighted by Crippen LogP contribution is 2.45. The molecule has 1 atom stereocenters. The van der Waals surface area contributed by atoms with Crippen LogP contribution in [0.2, 0.25) is 0 Å². The molecule has 1 unspecified atom stereocenters. The van der Waals surface area contributed by atoms with Gasteiger partial charge >= 0.3 is 6.18 Å².